The Balaban J connectivity index is 1.32. The van der Waals surface area contributed by atoms with Crippen LogP contribution >= 0.6 is 0 Å². The smallest absolute Gasteiger partial charge is 0.0157 e. The van der Waals surface area contributed by atoms with Crippen LogP contribution in [0.1, 0.15) is 136 Å². The molecule has 6 rings (SSSR count). The van der Waals surface area contributed by atoms with Crippen molar-refractivity contribution < 1.29 is 0 Å². The minimum atomic E-state index is 0.525. The first-order valence-corrected chi connectivity index (χ1v) is 15.9. The molecule has 0 saturated heterocycles. The van der Waals surface area contributed by atoms with Crippen molar-refractivity contribution >= 4 is 0 Å². The Kier molecular flexibility index (Phi) is 5.75. The molecule has 1 aromatic rings. The van der Waals surface area contributed by atoms with E-state index in [0.717, 1.165) is 29.6 Å². The summed E-state index contributed by atoms with van der Waals surface area (Å²) < 4.78 is 0. The SMILES string of the molecule is Cc1ccccc1C(C)[C@H]1CC[C@]2(C)[C@H]3CC[C@@H]4[C@@]5(C)CCCC(C)(C)[C@@H]5CC[C@@]4(C)[C@]3(C)CC[C@@H]12. The lowest BCUT2D eigenvalue weighted by atomic mass is 9.32. The third-order valence-corrected chi connectivity index (χ3v) is 15.1. The Morgan fingerprint density at radius 3 is 2.00 bits per heavy atom. The molecule has 1 aromatic carbocycles. The van der Waals surface area contributed by atoms with E-state index in [4.69, 9.17) is 0 Å². The molecule has 0 aliphatic heterocycles. The van der Waals surface area contributed by atoms with Gasteiger partial charge in [0.15, 0.2) is 0 Å². The molecule has 0 spiro atoms. The van der Waals surface area contributed by atoms with Crippen molar-refractivity contribution in [1.82, 2.24) is 0 Å². The lowest BCUT2D eigenvalue weighted by Gasteiger charge is -2.73. The van der Waals surface area contributed by atoms with Crippen LogP contribution in [0.25, 0.3) is 0 Å². The van der Waals surface area contributed by atoms with Crippen molar-refractivity contribution in [3.8, 4) is 0 Å². The van der Waals surface area contributed by atoms with E-state index in [2.05, 4.69) is 79.7 Å². The van der Waals surface area contributed by atoms with Gasteiger partial charge < -0.3 is 0 Å². The number of aryl methyl sites for hydroxylation is 1. The summed E-state index contributed by atoms with van der Waals surface area (Å²) >= 11 is 0. The molecule has 0 aromatic heterocycles. The van der Waals surface area contributed by atoms with Gasteiger partial charge in [-0.15, -0.1) is 0 Å². The Morgan fingerprint density at radius 2 is 1.31 bits per heavy atom. The van der Waals surface area contributed by atoms with E-state index >= 15 is 0 Å². The van der Waals surface area contributed by atoms with Crippen molar-refractivity contribution in [2.45, 2.75) is 132 Å². The molecule has 5 saturated carbocycles. The highest BCUT2D eigenvalue weighted by Gasteiger charge is 2.70. The third kappa shape index (κ3) is 3.18. The van der Waals surface area contributed by atoms with Crippen LogP contribution < -0.4 is 0 Å². The fourth-order valence-electron chi connectivity index (χ4n) is 13.3. The maximum absolute atomic E-state index is 2.82. The normalized spacial score (nSPS) is 50.4. The predicted molar refractivity (Wildman–Crippen MR) is 154 cm³/mol. The van der Waals surface area contributed by atoms with Gasteiger partial charge in [-0.3, -0.25) is 0 Å². The third-order valence-electron chi connectivity index (χ3n) is 15.1. The highest BCUT2D eigenvalue weighted by molar-refractivity contribution is 5.30. The molecule has 0 amide bonds. The average molecular weight is 489 g/mol. The molecule has 5 fully saturated rings. The first-order valence-electron chi connectivity index (χ1n) is 15.9. The fraction of sp³-hybridized carbons (Fsp3) is 0.833. The van der Waals surface area contributed by atoms with Crippen LogP contribution in [0.4, 0.5) is 0 Å². The molecule has 0 heterocycles. The van der Waals surface area contributed by atoms with Gasteiger partial charge in [-0.05, 0) is 145 Å². The molecular weight excluding hydrogens is 432 g/mol. The van der Waals surface area contributed by atoms with Crippen molar-refractivity contribution in [1.29, 1.82) is 0 Å². The molecule has 36 heavy (non-hydrogen) atoms. The van der Waals surface area contributed by atoms with E-state index in [9.17, 15) is 0 Å². The van der Waals surface area contributed by atoms with Crippen LogP contribution in [0.3, 0.4) is 0 Å². The van der Waals surface area contributed by atoms with E-state index in [1.807, 2.05) is 0 Å². The summed E-state index contributed by atoms with van der Waals surface area (Å²) in [6.45, 7) is 21.3. The molecule has 5 aliphatic carbocycles. The molecule has 0 radical (unpaired) electrons. The minimum absolute atomic E-state index is 0.525. The highest BCUT2D eigenvalue weighted by atomic mass is 14.7. The van der Waals surface area contributed by atoms with Gasteiger partial charge in [0.1, 0.15) is 0 Å². The maximum atomic E-state index is 2.82. The quantitative estimate of drug-likeness (QED) is 0.388. The predicted octanol–water partition coefficient (Wildman–Crippen LogP) is 10.6. The second-order valence-corrected chi connectivity index (χ2v) is 16.5. The summed E-state index contributed by atoms with van der Waals surface area (Å²) in [6, 6.07) is 9.26. The van der Waals surface area contributed by atoms with Crippen LogP contribution in [0.15, 0.2) is 24.3 Å². The van der Waals surface area contributed by atoms with E-state index in [-0.39, 0.29) is 0 Å². The first-order chi connectivity index (χ1) is 16.9. The van der Waals surface area contributed by atoms with Gasteiger partial charge in [0, 0.05) is 0 Å². The summed E-state index contributed by atoms with van der Waals surface area (Å²) in [5.41, 5.74) is 5.85. The lowest BCUT2D eigenvalue weighted by Crippen LogP contribution is -2.65. The van der Waals surface area contributed by atoms with E-state index in [1.54, 1.807) is 5.56 Å². The zero-order valence-corrected chi connectivity index (χ0v) is 25.1. The number of rotatable bonds is 2. The molecule has 1 unspecified atom stereocenters. The molecule has 0 bridgehead atoms. The van der Waals surface area contributed by atoms with Crippen LogP contribution in [-0.4, -0.2) is 0 Å². The summed E-state index contributed by atoms with van der Waals surface area (Å²) in [5.74, 6) is 5.30. The molecule has 5 aliphatic rings. The maximum Gasteiger partial charge on any atom is -0.0157 e. The van der Waals surface area contributed by atoms with E-state index in [1.165, 1.54) is 76.2 Å². The largest absolute Gasteiger partial charge is 0.0620 e. The van der Waals surface area contributed by atoms with E-state index < -0.39 is 0 Å². The second kappa shape index (κ2) is 8.11. The van der Waals surface area contributed by atoms with Crippen molar-refractivity contribution in [2.24, 2.45) is 56.7 Å². The molecule has 10 atom stereocenters. The van der Waals surface area contributed by atoms with Crippen molar-refractivity contribution in [2.75, 3.05) is 0 Å². The molecule has 0 N–H and O–H groups in total. The van der Waals surface area contributed by atoms with Gasteiger partial charge in [-0.2, -0.15) is 0 Å². The molecule has 0 heteroatoms. The van der Waals surface area contributed by atoms with Gasteiger partial charge in [-0.25, -0.2) is 0 Å². The summed E-state index contributed by atoms with van der Waals surface area (Å²) in [5, 5.41) is 0. The van der Waals surface area contributed by atoms with Gasteiger partial charge in [0.25, 0.3) is 0 Å². The number of fused-ring (bicyclic) bond motifs is 7. The Bertz CT molecular complexity index is 1000. The van der Waals surface area contributed by atoms with Crippen molar-refractivity contribution in [3.05, 3.63) is 35.4 Å². The van der Waals surface area contributed by atoms with Gasteiger partial charge >= 0.3 is 0 Å². The monoisotopic (exact) mass is 488 g/mol. The minimum Gasteiger partial charge on any atom is -0.0620 e. The summed E-state index contributed by atoms with van der Waals surface area (Å²) in [7, 11) is 0. The second-order valence-electron chi connectivity index (χ2n) is 16.5. The van der Waals surface area contributed by atoms with Crippen molar-refractivity contribution in [3.63, 3.8) is 0 Å². The molecular formula is C36H56. The summed E-state index contributed by atoms with van der Waals surface area (Å²) in [6.07, 6.45) is 16.3. The molecule has 0 nitrogen and oxygen atoms in total. The Morgan fingerprint density at radius 1 is 0.667 bits per heavy atom. The summed E-state index contributed by atoms with van der Waals surface area (Å²) in [4.78, 5) is 0. The van der Waals surface area contributed by atoms with Crippen LogP contribution in [-0.2, 0) is 0 Å². The topological polar surface area (TPSA) is 0 Å². The standard InChI is InChI=1S/C36H56/c1-24-12-9-10-13-26(24)25(2)27-16-21-33(5)28(27)17-22-35(7)30(33)14-15-31-34(6)20-11-19-32(3,4)29(34)18-23-36(31,35)8/h9-10,12-13,25,27-31H,11,14-23H2,1-8H3/t25?,27-,28+,29+,30-,31-,33+,34+,35-,36-/m1/s1. The fourth-order valence-corrected chi connectivity index (χ4v) is 13.3. The zero-order chi connectivity index (χ0) is 25.7. The van der Waals surface area contributed by atoms with Crippen LogP contribution in [0.2, 0.25) is 0 Å². The highest BCUT2D eigenvalue weighted by Crippen LogP contribution is 2.78. The Labute approximate surface area is 223 Å². The number of benzene rings is 1. The zero-order valence-electron chi connectivity index (χ0n) is 25.1. The van der Waals surface area contributed by atoms with Gasteiger partial charge in [-0.1, -0.05) is 79.2 Å². The van der Waals surface area contributed by atoms with Gasteiger partial charge in [0.2, 0.25) is 0 Å². The molecule has 200 valence electrons. The lowest BCUT2D eigenvalue weighted by molar-refractivity contribution is -0.241. The first kappa shape index (κ1) is 25.5. The van der Waals surface area contributed by atoms with Crippen LogP contribution in [0.5, 0.6) is 0 Å². The average Bonchev–Trinajstić information content (AvgIpc) is 3.16. The Hall–Kier alpha value is -0.780. The van der Waals surface area contributed by atoms with E-state index in [0.29, 0.717) is 33.0 Å². The van der Waals surface area contributed by atoms with Crippen LogP contribution in [0, 0.1) is 63.6 Å². The number of hydrogen-bond acceptors (Lipinski definition) is 0. The van der Waals surface area contributed by atoms with Gasteiger partial charge in [0.05, 0.1) is 0 Å². The number of hydrogen-bond donors (Lipinski definition) is 0.